The first-order chi connectivity index (χ1) is 10.7. The number of rotatable bonds is 5. The molecule has 0 amide bonds. The molecule has 1 fully saturated rings. The minimum Gasteiger partial charge on any atom is -0.480 e. The van der Waals surface area contributed by atoms with Crippen molar-refractivity contribution in [3.63, 3.8) is 0 Å². The first kappa shape index (κ1) is 18.2. The highest BCUT2D eigenvalue weighted by atomic mass is 35.5. The van der Waals surface area contributed by atoms with Crippen molar-refractivity contribution in [3.05, 3.63) is 28.8 Å². The van der Waals surface area contributed by atoms with Gasteiger partial charge in [0.25, 0.3) is 0 Å². The van der Waals surface area contributed by atoms with Crippen LogP contribution in [0.15, 0.2) is 23.1 Å². The quantitative estimate of drug-likeness (QED) is 0.866. The molecule has 1 aromatic rings. The van der Waals surface area contributed by atoms with Crippen LogP contribution in [-0.4, -0.2) is 61.4 Å². The van der Waals surface area contributed by atoms with E-state index in [1.807, 2.05) is 0 Å². The molecule has 0 unspecified atom stereocenters. The number of likely N-dealkylation sites (N-methyl/N-ethyl adjacent to an activating group) is 1. The zero-order valence-electron chi connectivity index (χ0n) is 13.2. The van der Waals surface area contributed by atoms with Crippen molar-refractivity contribution in [2.45, 2.75) is 30.7 Å². The van der Waals surface area contributed by atoms with Crippen LogP contribution in [0.5, 0.6) is 0 Å². The van der Waals surface area contributed by atoms with Crippen molar-refractivity contribution in [1.82, 2.24) is 9.21 Å². The minimum atomic E-state index is -3.57. The van der Waals surface area contributed by atoms with E-state index >= 15 is 0 Å². The lowest BCUT2D eigenvalue weighted by Crippen LogP contribution is -2.46. The second-order valence-corrected chi connectivity index (χ2v) is 8.12. The summed E-state index contributed by atoms with van der Waals surface area (Å²) >= 11 is 6.03. The van der Waals surface area contributed by atoms with Gasteiger partial charge in [0.2, 0.25) is 10.0 Å². The fourth-order valence-corrected chi connectivity index (χ4v) is 4.82. The lowest BCUT2D eigenvalue weighted by Gasteiger charge is -2.35. The molecule has 8 heteroatoms. The topological polar surface area (TPSA) is 77.9 Å². The maximum atomic E-state index is 12.8. The average molecular weight is 361 g/mol. The third kappa shape index (κ3) is 4.03. The molecule has 0 saturated carbocycles. The monoisotopic (exact) mass is 360 g/mol. The van der Waals surface area contributed by atoms with Crippen LogP contribution in [0, 0.1) is 6.92 Å². The molecule has 1 aliphatic heterocycles. The summed E-state index contributed by atoms with van der Waals surface area (Å²) in [5.74, 6) is -0.878. The van der Waals surface area contributed by atoms with Crippen molar-refractivity contribution in [2.75, 3.05) is 26.7 Å². The molecule has 23 heavy (non-hydrogen) atoms. The molecule has 0 aliphatic carbocycles. The predicted molar refractivity (Wildman–Crippen MR) is 88.2 cm³/mol. The smallest absolute Gasteiger partial charge is 0.317 e. The Balaban J connectivity index is 2.10. The summed E-state index contributed by atoms with van der Waals surface area (Å²) in [5, 5.41) is 9.27. The zero-order valence-corrected chi connectivity index (χ0v) is 14.8. The standard InChI is InChI=1S/C15H21ClN2O4S/c1-11-13(16)4-3-5-14(11)23(21,22)18-8-6-12(7-9-18)17(2)10-15(19)20/h3-5,12H,6-10H2,1-2H3,(H,19,20). The number of aliphatic carboxylic acids is 1. The average Bonchev–Trinajstić information content (AvgIpc) is 2.49. The van der Waals surface area contributed by atoms with Crippen LogP contribution in [0.4, 0.5) is 0 Å². The van der Waals surface area contributed by atoms with Crippen LogP contribution in [0.1, 0.15) is 18.4 Å². The number of carboxylic acids is 1. The van der Waals surface area contributed by atoms with Crippen LogP contribution in [0.25, 0.3) is 0 Å². The summed E-state index contributed by atoms with van der Waals surface area (Å²) in [6.07, 6.45) is 1.23. The number of carbonyl (C=O) groups is 1. The SMILES string of the molecule is Cc1c(Cl)cccc1S(=O)(=O)N1CCC(N(C)CC(=O)O)CC1. The number of carboxylic acid groups (broad SMARTS) is 1. The number of benzene rings is 1. The predicted octanol–water partition coefficient (Wildman–Crippen LogP) is 1.82. The summed E-state index contributed by atoms with van der Waals surface area (Å²) in [5.41, 5.74) is 0.555. The van der Waals surface area contributed by atoms with Crippen molar-refractivity contribution < 1.29 is 18.3 Å². The zero-order chi connectivity index (χ0) is 17.2. The molecular weight excluding hydrogens is 340 g/mol. The van der Waals surface area contributed by atoms with E-state index in [1.54, 1.807) is 37.1 Å². The number of halogens is 1. The van der Waals surface area contributed by atoms with Gasteiger partial charge in [0.05, 0.1) is 11.4 Å². The number of hydrogen-bond donors (Lipinski definition) is 1. The highest BCUT2D eigenvalue weighted by Crippen LogP contribution is 2.28. The van der Waals surface area contributed by atoms with Crippen LogP contribution in [0.3, 0.4) is 0 Å². The van der Waals surface area contributed by atoms with Gasteiger partial charge in [-0.1, -0.05) is 17.7 Å². The molecule has 2 rings (SSSR count). The van der Waals surface area contributed by atoms with E-state index in [9.17, 15) is 13.2 Å². The Morgan fingerprint density at radius 2 is 2.00 bits per heavy atom. The Hall–Kier alpha value is -1.15. The molecule has 0 bridgehead atoms. The van der Waals surface area contributed by atoms with Crippen molar-refractivity contribution in [1.29, 1.82) is 0 Å². The molecule has 1 heterocycles. The first-order valence-corrected chi connectivity index (χ1v) is 9.22. The number of nitrogens with zero attached hydrogens (tertiary/aromatic N) is 2. The number of hydrogen-bond acceptors (Lipinski definition) is 4. The molecule has 0 spiro atoms. The van der Waals surface area contributed by atoms with Crippen LogP contribution >= 0.6 is 11.6 Å². The van der Waals surface area contributed by atoms with Gasteiger partial charge in [-0.2, -0.15) is 4.31 Å². The lowest BCUT2D eigenvalue weighted by molar-refractivity contribution is -0.138. The molecule has 0 aromatic heterocycles. The van der Waals surface area contributed by atoms with Gasteiger partial charge in [-0.05, 0) is 44.5 Å². The summed E-state index contributed by atoms with van der Waals surface area (Å²) in [6, 6.07) is 4.95. The summed E-state index contributed by atoms with van der Waals surface area (Å²) < 4.78 is 27.0. The number of piperidine rings is 1. The summed E-state index contributed by atoms with van der Waals surface area (Å²) in [4.78, 5) is 12.8. The van der Waals surface area contributed by atoms with E-state index in [-0.39, 0.29) is 17.5 Å². The van der Waals surface area contributed by atoms with Crippen molar-refractivity contribution >= 4 is 27.6 Å². The highest BCUT2D eigenvalue weighted by Gasteiger charge is 2.32. The van der Waals surface area contributed by atoms with E-state index < -0.39 is 16.0 Å². The van der Waals surface area contributed by atoms with Gasteiger partial charge in [0.1, 0.15) is 0 Å². The van der Waals surface area contributed by atoms with Gasteiger partial charge >= 0.3 is 5.97 Å². The van der Waals surface area contributed by atoms with Gasteiger partial charge in [-0.3, -0.25) is 9.69 Å². The van der Waals surface area contributed by atoms with Gasteiger partial charge in [0, 0.05) is 24.2 Å². The van der Waals surface area contributed by atoms with Crippen LogP contribution in [0.2, 0.25) is 5.02 Å². The van der Waals surface area contributed by atoms with Gasteiger partial charge < -0.3 is 5.11 Å². The highest BCUT2D eigenvalue weighted by molar-refractivity contribution is 7.89. The minimum absolute atomic E-state index is 0.0369. The summed E-state index contributed by atoms with van der Waals surface area (Å²) in [7, 11) is -1.82. The second-order valence-electron chi connectivity index (χ2n) is 5.81. The molecule has 1 aliphatic rings. The largest absolute Gasteiger partial charge is 0.480 e. The van der Waals surface area contributed by atoms with E-state index in [0.717, 1.165) is 0 Å². The van der Waals surface area contributed by atoms with Crippen LogP contribution < -0.4 is 0 Å². The summed E-state index contributed by atoms with van der Waals surface area (Å²) in [6.45, 7) is 2.42. The molecular formula is C15H21ClN2O4S. The molecule has 0 radical (unpaired) electrons. The Labute approximate surface area is 141 Å². The van der Waals surface area contributed by atoms with E-state index in [0.29, 0.717) is 36.5 Å². The lowest BCUT2D eigenvalue weighted by atomic mass is 10.1. The Kier molecular flexibility index (Phi) is 5.67. The van der Waals surface area contributed by atoms with E-state index in [2.05, 4.69) is 0 Å². The van der Waals surface area contributed by atoms with Gasteiger partial charge in [-0.15, -0.1) is 0 Å². The van der Waals surface area contributed by atoms with Crippen molar-refractivity contribution in [3.8, 4) is 0 Å². The molecule has 1 saturated heterocycles. The molecule has 1 N–H and O–H groups in total. The molecule has 128 valence electrons. The van der Waals surface area contributed by atoms with Crippen molar-refractivity contribution in [2.24, 2.45) is 0 Å². The molecule has 0 atom stereocenters. The maximum absolute atomic E-state index is 12.8. The second kappa shape index (κ2) is 7.17. The third-order valence-electron chi connectivity index (χ3n) is 4.27. The fourth-order valence-electron chi connectivity index (χ4n) is 2.87. The Bertz CT molecular complexity index is 685. The fraction of sp³-hybridized carbons (Fsp3) is 0.533. The van der Waals surface area contributed by atoms with E-state index in [1.165, 1.54) is 4.31 Å². The van der Waals surface area contributed by atoms with Gasteiger partial charge in [0.15, 0.2) is 0 Å². The molecule has 6 nitrogen and oxygen atoms in total. The van der Waals surface area contributed by atoms with Gasteiger partial charge in [-0.25, -0.2) is 8.42 Å². The Morgan fingerprint density at radius 3 is 2.57 bits per heavy atom. The normalized spacial score (nSPS) is 17.6. The first-order valence-electron chi connectivity index (χ1n) is 7.40. The molecule has 1 aromatic carbocycles. The maximum Gasteiger partial charge on any atom is 0.317 e. The van der Waals surface area contributed by atoms with Crippen LogP contribution in [-0.2, 0) is 14.8 Å². The van der Waals surface area contributed by atoms with E-state index in [4.69, 9.17) is 16.7 Å². The number of sulfonamides is 1. The Morgan fingerprint density at radius 1 is 1.39 bits per heavy atom. The third-order valence-corrected chi connectivity index (χ3v) is 6.72.